The molecule has 0 heterocycles. The van der Waals surface area contributed by atoms with Gasteiger partial charge in [-0.3, -0.25) is 4.79 Å². The highest BCUT2D eigenvalue weighted by atomic mass is 16.3. The van der Waals surface area contributed by atoms with Crippen molar-refractivity contribution >= 4 is 5.91 Å². The van der Waals surface area contributed by atoms with Crippen molar-refractivity contribution in [1.82, 2.24) is 0 Å². The average Bonchev–Trinajstić information content (AvgIpc) is 2.67. The Kier molecular flexibility index (Phi) is 18.0. The molecule has 5 heteroatoms. The Morgan fingerprint density at radius 3 is 1.37 bits per heavy atom. The minimum atomic E-state index is -0.970. The van der Waals surface area contributed by atoms with E-state index in [1.54, 1.807) is 0 Å². The van der Waals surface area contributed by atoms with E-state index in [-0.39, 0.29) is 26.1 Å². The van der Waals surface area contributed by atoms with Crippen molar-refractivity contribution < 1.29 is 15.0 Å². The third kappa shape index (κ3) is 13.1. The number of aliphatic hydroxyl groups is 2. The molecule has 0 rings (SSSR count). The summed E-state index contributed by atoms with van der Waals surface area (Å²) >= 11 is 0. The van der Waals surface area contributed by atoms with Gasteiger partial charge in [-0.2, -0.15) is 0 Å². The Morgan fingerprint density at radius 1 is 0.667 bits per heavy atom. The number of rotatable bonds is 20. The van der Waals surface area contributed by atoms with E-state index in [9.17, 15) is 19.9 Å². The van der Waals surface area contributed by atoms with Crippen molar-refractivity contribution in [1.29, 1.82) is 0 Å². The molecule has 0 aliphatic carbocycles. The summed E-state index contributed by atoms with van der Waals surface area (Å²) in [5.74, 6) is -0.722. The number of aliphatic hydroxyl groups excluding tert-OH is 2. The number of hydrogen-bond acceptors (Lipinski definition) is 4. The van der Waals surface area contributed by atoms with Gasteiger partial charge in [0.1, 0.15) is 0 Å². The van der Waals surface area contributed by atoms with Crippen LogP contribution < -0.4 is 0 Å². The zero-order chi connectivity index (χ0) is 20.2. The highest BCUT2D eigenvalue weighted by Crippen LogP contribution is 2.34. The van der Waals surface area contributed by atoms with Crippen LogP contribution in [0.25, 0.3) is 0 Å². The number of amides is 1. The van der Waals surface area contributed by atoms with E-state index in [4.69, 9.17) is 0 Å². The topological polar surface area (TPSA) is 87.0 Å². The van der Waals surface area contributed by atoms with Gasteiger partial charge in [-0.05, 0) is 19.3 Å². The summed E-state index contributed by atoms with van der Waals surface area (Å²) in [5, 5.41) is 21.0. The molecule has 160 valence electrons. The fourth-order valence-electron chi connectivity index (χ4n) is 3.88. The van der Waals surface area contributed by atoms with Gasteiger partial charge in [0.05, 0.1) is 5.41 Å². The number of carbonyl (C=O) groups is 1. The predicted octanol–water partition coefficient (Wildman–Crippen LogP) is 5.90. The van der Waals surface area contributed by atoms with Crippen molar-refractivity contribution in [2.45, 2.75) is 116 Å². The van der Waals surface area contributed by atoms with Crippen LogP contribution >= 0.6 is 0 Å². The standard InChI is InChI=1S/C22H43NO4/c1-2-3-4-5-6-7-8-9-10-11-12-13-14-15-16-22(17-19-24,18-20-25)21(26)23-27/h24-25H,2-20H2,1H3. The molecule has 0 saturated carbocycles. The number of nitroso groups, excluding NO2 is 1. The molecule has 0 unspecified atom stereocenters. The molecule has 2 N–H and O–H groups in total. The van der Waals surface area contributed by atoms with Crippen LogP contribution in [0, 0.1) is 10.3 Å². The second-order valence-corrected chi connectivity index (χ2v) is 7.97. The van der Waals surface area contributed by atoms with Gasteiger partial charge in [0.25, 0.3) is 5.91 Å². The second-order valence-electron chi connectivity index (χ2n) is 7.97. The maximum absolute atomic E-state index is 11.9. The fourth-order valence-corrected chi connectivity index (χ4v) is 3.88. The van der Waals surface area contributed by atoms with Crippen LogP contribution in [0.1, 0.15) is 116 Å². The summed E-state index contributed by atoms with van der Waals surface area (Å²) in [6.07, 6.45) is 18.6. The molecule has 0 aromatic carbocycles. The summed E-state index contributed by atoms with van der Waals surface area (Å²) < 4.78 is 0. The van der Waals surface area contributed by atoms with Crippen LogP contribution in [0.4, 0.5) is 0 Å². The van der Waals surface area contributed by atoms with E-state index in [1.165, 1.54) is 70.6 Å². The summed E-state index contributed by atoms with van der Waals surface area (Å²) in [4.78, 5) is 22.6. The van der Waals surface area contributed by atoms with Crippen LogP contribution in [0.15, 0.2) is 5.18 Å². The molecule has 27 heavy (non-hydrogen) atoms. The number of unbranched alkanes of at least 4 members (excludes halogenated alkanes) is 13. The minimum Gasteiger partial charge on any atom is -0.396 e. The largest absolute Gasteiger partial charge is 0.396 e. The first-order valence-corrected chi connectivity index (χ1v) is 11.3. The molecule has 0 atom stereocenters. The van der Waals surface area contributed by atoms with Crippen LogP contribution in [0.2, 0.25) is 0 Å². The SMILES string of the molecule is CCCCCCCCCCCCCCCCC(CCO)(CCO)C(=O)N=O. The Balaban J connectivity index is 3.70. The zero-order valence-electron chi connectivity index (χ0n) is 17.6. The first-order valence-electron chi connectivity index (χ1n) is 11.3. The lowest BCUT2D eigenvalue weighted by Gasteiger charge is -2.28. The average molecular weight is 386 g/mol. The summed E-state index contributed by atoms with van der Waals surface area (Å²) in [5.41, 5.74) is -0.970. The molecule has 0 radical (unpaired) electrons. The van der Waals surface area contributed by atoms with Crippen LogP contribution in [0.5, 0.6) is 0 Å². The Labute approximate surface area is 166 Å². The second kappa shape index (κ2) is 18.5. The molecular weight excluding hydrogens is 342 g/mol. The van der Waals surface area contributed by atoms with Gasteiger partial charge in [0, 0.05) is 18.4 Å². The number of nitrogens with zero attached hydrogens (tertiary/aromatic N) is 1. The van der Waals surface area contributed by atoms with Crippen molar-refractivity contribution in [3.63, 3.8) is 0 Å². The molecule has 0 spiro atoms. The first kappa shape index (κ1) is 26.2. The van der Waals surface area contributed by atoms with Gasteiger partial charge in [0.2, 0.25) is 0 Å². The Hall–Kier alpha value is -0.810. The molecule has 0 bridgehead atoms. The van der Waals surface area contributed by atoms with Gasteiger partial charge < -0.3 is 10.2 Å². The van der Waals surface area contributed by atoms with E-state index in [1.807, 2.05) is 0 Å². The zero-order valence-corrected chi connectivity index (χ0v) is 17.6. The predicted molar refractivity (Wildman–Crippen MR) is 112 cm³/mol. The molecule has 0 aliphatic heterocycles. The Morgan fingerprint density at radius 2 is 1.04 bits per heavy atom. The molecular formula is C22H43NO4. The van der Waals surface area contributed by atoms with Crippen LogP contribution in [-0.4, -0.2) is 29.3 Å². The third-order valence-electron chi connectivity index (χ3n) is 5.73. The van der Waals surface area contributed by atoms with E-state index in [0.29, 0.717) is 6.42 Å². The van der Waals surface area contributed by atoms with Gasteiger partial charge in [0.15, 0.2) is 0 Å². The lowest BCUT2D eigenvalue weighted by atomic mass is 9.76. The number of hydrogen-bond donors (Lipinski definition) is 2. The van der Waals surface area contributed by atoms with E-state index < -0.39 is 11.3 Å². The summed E-state index contributed by atoms with van der Waals surface area (Å²) in [7, 11) is 0. The van der Waals surface area contributed by atoms with Crippen molar-refractivity contribution in [2.75, 3.05) is 13.2 Å². The van der Waals surface area contributed by atoms with E-state index >= 15 is 0 Å². The fraction of sp³-hybridized carbons (Fsp3) is 0.955. The first-order chi connectivity index (χ1) is 13.2. The molecule has 0 aromatic heterocycles. The summed E-state index contributed by atoms with van der Waals surface area (Å²) in [6, 6.07) is 0. The molecule has 1 amide bonds. The lowest BCUT2D eigenvalue weighted by molar-refractivity contribution is -0.130. The Bertz CT molecular complexity index is 354. The quantitative estimate of drug-likeness (QED) is 0.202. The molecule has 5 nitrogen and oxygen atoms in total. The monoisotopic (exact) mass is 385 g/mol. The molecule has 0 fully saturated rings. The maximum Gasteiger partial charge on any atom is 0.292 e. The molecule has 0 aromatic rings. The van der Waals surface area contributed by atoms with Crippen molar-refractivity contribution in [3.8, 4) is 0 Å². The minimum absolute atomic E-state index is 0.167. The van der Waals surface area contributed by atoms with Crippen molar-refractivity contribution in [3.05, 3.63) is 4.91 Å². The third-order valence-corrected chi connectivity index (χ3v) is 5.73. The maximum atomic E-state index is 11.9. The highest BCUT2D eigenvalue weighted by molar-refractivity contribution is 5.83. The van der Waals surface area contributed by atoms with Gasteiger partial charge in [-0.1, -0.05) is 96.8 Å². The number of carbonyl (C=O) groups excluding carboxylic acids is 1. The normalized spacial score (nSPS) is 11.7. The van der Waals surface area contributed by atoms with Crippen LogP contribution in [-0.2, 0) is 4.79 Å². The van der Waals surface area contributed by atoms with Gasteiger partial charge in [-0.15, -0.1) is 4.91 Å². The highest BCUT2D eigenvalue weighted by Gasteiger charge is 2.37. The smallest absolute Gasteiger partial charge is 0.292 e. The van der Waals surface area contributed by atoms with Gasteiger partial charge in [-0.25, -0.2) is 0 Å². The van der Waals surface area contributed by atoms with Crippen LogP contribution in [0.3, 0.4) is 0 Å². The van der Waals surface area contributed by atoms with Crippen molar-refractivity contribution in [2.24, 2.45) is 10.6 Å². The molecule has 0 saturated heterocycles. The van der Waals surface area contributed by atoms with E-state index in [0.717, 1.165) is 19.3 Å². The molecule has 0 aliphatic rings. The summed E-state index contributed by atoms with van der Waals surface area (Å²) in [6.45, 7) is 1.92. The van der Waals surface area contributed by atoms with E-state index in [2.05, 4.69) is 12.1 Å². The lowest BCUT2D eigenvalue weighted by Crippen LogP contribution is -2.32. The van der Waals surface area contributed by atoms with Gasteiger partial charge >= 0.3 is 0 Å².